The van der Waals surface area contributed by atoms with Gasteiger partial charge in [-0.1, -0.05) is 30.3 Å². The summed E-state index contributed by atoms with van der Waals surface area (Å²) in [6.45, 7) is 2.88. The fourth-order valence-electron chi connectivity index (χ4n) is 3.08. The summed E-state index contributed by atoms with van der Waals surface area (Å²) in [5.74, 6) is 0. The normalized spacial score (nSPS) is 22.1. The Bertz CT molecular complexity index is 399. The second-order valence-electron chi connectivity index (χ2n) is 6.12. The maximum atomic E-state index is 5.50. The predicted molar refractivity (Wildman–Crippen MR) is 81.8 cm³/mol. The molecule has 1 saturated heterocycles. The van der Waals surface area contributed by atoms with E-state index in [1.807, 2.05) is 0 Å². The van der Waals surface area contributed by atoms with E-state index in [0.29, 0.717) is 12.1 Å². The average molecular weight is 274 g/mol. The highest BCUT2D eigenvalue weighted by atomic mass is 16.5. The van der Waals surface area contributed by atoms with Crippen molar-refractivity contribution >= 4 is 0 Å². The molecule has 0 bridgehead atoms. The van der Waals surface area contributed by atoms with Gasteiger partial charge in [0.1, 0.15) is 0 Å². The molecule has 1 unspecified atom stereocenters. The minimum atomic E-state index is 0.472. The van der Waals surface area contributed by atoms with Crippen LogP contribution in [0.5, 0.6) is 0 Å². The fraction of sp³-hybridized carbons (Fsp3) is 0.647. The number of rotatable bonds is 6. The van der Waals surface area contributed by atoms with Gasteiger partial charge in [0.15, 0.2) is 0 Å². The second kappa shape index (κ2) is 6.70. The van der Waals surface area contributed by atoms with E-state index in [4.69, 9.17) is 4.74 Å². The Morgan fingerprint density at radius 3 is 2.50 bits per heavy atom. The van der Waals surface area contributed by atoms with Crippen molar-refractivity contribution in [2.75, 3.05) is 26.8 Å². The van der Waals surface area contributed by atoms with Crippen LogP contribution in [0.15, 0.2) is 30.3 Å². The standard InChI is InChI=1S/C17H26N2O/c1-19(16-9-11-20-12-10-16)17(13-18-15-7-8-15)14-5-3-2-4-6-14/h2-6,15-18H,7-13H2,1H3. The van der Waals surface area contributed by atoms with Crippen molar-refractivity contribution in [3.63, 3.8) is 0 Å². The lowest BCUT2D eigenvalue weighted by molar-refractivity contribution is 0.0280. The first-order valence-corrected chi connectivity index (χ1v) is 7.92. The number of likely N-dealkylation sites (N-methyl/N-ethyl adjacent to an activating group) is 1. The molecule has 3 nitrogen and oxygen atoms in total. The second-order valence-corrected chi connectivity index (χ2v) is 6.12. The molecule has 110 valence electrons. The third-order valence-electron chi connectivity index (χ3n) is 4.62. The summed E-state index contributed by atoms with van der Waals surface area (Å²) in [6, 6.07) is 12.8. The van der Waals surface area contributed by atoms with E-state index in [-0.39, 0.29) is 0 Å². The average Bonchev–Trinajstić information content (AvgIpc) is 3.33. The van der Waals surface area contributed by atoms with Gasteiger partial charge in [-0.05, 0) is 38.3 Å². The summed E-state index contributed by atoms with van der Waals surface area (Å²) in [7, 11) is 2.28. The molecule has 0 aromatic heterocycles. The lowest BCUT2D eigenvalue weighted by Crippen LogP contribution is -2.43. The highest BCUT2D eigenvalue weighted by molar-refractivity contribution is 5.19. The first kappa shape index (κ1) is 14.1. The molecule has 1 saturated carbocycles. The molecule has 0 spiro atoms. The van der Waals surface area contributed by atoms with Gasteiger partial charge in [0.2, 0.25) is 0 Å². The molecule has 1 N–H and O–H groups in total. The molecule has 1 aliphatic heterocycles. The van der Waals surface area contributed by atoms with Crippen molar-refractivity contribution in [1.82, 2.24) is 10.2 Å². The molecule has 20 heavy (non-hydrogen) atoms. The van der Waals surface area contributed by atoms with Crippen molar-refractivity contribution in [1.29, 1.82) is 0 Å². The van der Waals surface area contributed by atoms with Gasteiger partial charge < -0.3 is 10.1 Å². The summed E-state index contributed by atoms with van der Waals surface area (Å²) in [6.07, 6.45) is 5.01. The largest absolute Gasteiger partial charge is 0.381 e. The van der Waals surface area contributed by atoms with Crippen LogP contribution in [0.3, 0.4) is 0 Å². The fourth-order valence-corrected chi connectivity index (χ4v) is 3.08. The topological polar surface area (TPSA) is 24.5 Å². The third-order valence-corrected chi connectivity index (χ3v) is 4.62. The number of nitrogens with zero attached hydrogens (tertiary/aromatic N) is 1. The van der Waals surface area contributed by atoms with Crippen molar-refractivity contribution in [3.8, 4) is 0 Å². The molecule has 3 rings (SSSR count). The Kier molecular flexibility index (Phi) is 4.71. The van der Waals surface area contributed by atoms with Crippen LogP contribution in [0.4, 0.5) is 0 Å². The molecule has 1 atom stereocenters. The highest BCUT2D eigenvalue weighted by Crippen LogP contribution is 2.27. The van der Waals surface area contributed by atoms with Gasteiger partial charge >= 0.3 is 0 Å². The van der Waals surface area contributed by atoms with Gasteiger partial charge in [0.25, 0.3) is 0 Å². The van der Waals surface area contributed by atoms with Crippen LogP contribution in [0, 0.1) is 0 Å². The van der Waals surface area contributed by atoms with E-state index in [1.54, 1.807) is 0 Å². The molecular formula is C17H26N2O. The zero-order valence-electron chi connectivity index (χ0n) is 12.4. The molecule has 1 heterocycles. The zero-order chi connectivity index (χ0) is 13.8. The molecule has 1 aromatic rings. The Labute approximate surface area is 122 Å². The third kappa shape index (κ3) is 3.60. The minimum absolute atomic E-state index is 0.472. The van der Waals surface area contributed by atoms with Crippen molar-refractivity contribution < 1.29 is 4.74 Å². The van der Waals surface area contributed by atoms with Crippen LogP contribution in [-0.4, -0.2) is 43.8 Å². The number of hydrogen-bond acceptors (Lipinski definition) is 3. The van der Waals surface area contributed by atoms with Crippen LogP contribution < -0.4 is 5.32 Å². The maximum Gasteiger partial charge on any atom is 0.0480 e. The lowest BCUT2D eigenvalue weighted by Gasteiger charge is -2.37. The number of hydrogen-bond donors (Lipinski definition) is 1. The molecule has 1 aromatic carbocycles. The van der Waals surface area contributed by atoms with Crippen LogP contribution >= 0.6 is 0 Å². The molecular weight excluding hydrogens is 248 g/mol. The summed E-state index contributed by atoms with van der Waals surface area (Å²) in [5.41, 5.74) is 1.43. The summed E-state index contributed by atoms with van der Waals surface area (Å²) >= 11 is 0. The Hall–Kier alpha value is -0.900. The zero-order valence-corrected chi connectivity index (χ0v) is 12.4. The minimum Gasteiger partial charge on any atom is -0.381 e. The SMILES string of the molecule is CN(C1CCOCC1)C(CNC1CC1)c1ccccc1. The van der Waals surface area contributed by atoms with Crippen molar-refractivity contribution in [2.45, 2.75) is 43.8 Å². The Morgan fingerprint density at radius 2 is 1.85 bits per heavy atom. The summed E-state index contributed by atoms with van der Waals surface area (Å²) in [4.78, 5) is 2.56. The molecule has 1 aliphatic carbocycles. The Balaban J connectivity index is 1.69. The molecule has 2 fully saturated rings. The number of ether oxygens (including phenoxy) is 1. The first-order chi connectivity index (χ1) is 9.84. The van der Waals surface area contributed by atoms with Gasteiger partial charge in [-0.2, -0.15) is 0 Å². The van der Waals surface area contributed by atoms with E-state index >= 15 is 0 Å². The van der Waals surface area contributed by atoms with Gasteiger partial charge in [0, 0.05) is 37.9 Å². The highest BCUT2D eigenvalue weighted by Gasteiger charge is 2.28. The predicted octanol–water partition coefficient (Wildman–Crippen LogP) is 2.59. The van der Waals surface area contributed by atoms with Crippen LogP contribution in [0.25, 0.3) is 0 Å². The monoisotopic (exact) mass is 274 g/mol. The first-order valence-electron chi connectivity index (χ1n) is 7.92. The maximum absolute atomic E-state index is 5.50. The van der Waals surface area contributed by atoms with E-state index in [9.17, 15) is 0 Å². The van der Waals surface area contributed by atoms with E-state index in [0.717, 1.165) is 38.6 Å². The Morgan fingerprint density at radius 1 is 1.15 bits per heavy atom. The number of nitrogens with one attached hydrogen (secondary N) is 1. The van der Waals surface area contributed by atoms with Gasteiger partial charge in [-0.25, -0.2) is 0 Å². The quantitative estimate of drug-likeness (QED) is 0.863. The number of benzene rings is 1. The summed E-state index contributed by atoms with van der Waals surface area (Å²) in [5, 5.41) is 3.70. The van der Waals surface area contributed by atoms with Gasteiger partial charge in [-0.15, -0.1) is 0 Å². The molecule has 2 aliphatic rings. The lowest BCUT2D eigenvalue weighted by atomic mass is 10.0. The van der Waals surface area contributed by atoms with Crippen LogP contribution in [-0.2, 0) is 4.74 Å². The summed E-state index contributed by atoms with van der Waals surface area (Å²) < 4.78 is 5.50. The smallest absolute Gasteiger partial charge is 0.0480 e. The van der Waals surface area contributed by atoms with Gasteiger partial charge in [0.05, 0.1) is 0 Å². The molecule has 0 radical (unpaired) electrons. The van der Waals surface area contributed by atoms with E-state index < -0.39 is 0 Å². The van der Waals surface area contributed by atoms with E-state index in [2.05, 4.69) is 47.6 Å². The van der Waals surface area contributed by atoms with Crippen molar-refractivity contribution in [2.24, 2.45) is 0 Å². The van der Waals surface area contributed by atoms with E-state index in [1.165, 1.54) is 18.4 Å². The molecule has 3 heteroatoms. The van der Waals surface area contributed by atoms with Gasteiger partial charge in [-0.3, -0.25) is 4.90 Å². The van der Waals surface area contributed by atoms with Crippen molar-refractivity contribution in [3.05, 3.63) is 35.9 Å². The van der Waals surface area contributed by atoms with Crippen LogP contribution in [0.1, 0.15) is 37.3 Å². The molecule has 0 amide bonds. The van der Waals surface area contributed by atoms with Crippen LogP contribution in [0.2, 0.25) is 0 Å².